The Morgan fingerprint density at radius 3 is 2.03 bits per heavy atom. The summed E-state index contributed by atoms with van der Waals surface area (Å²) in [5, 5.41) is 66.9. The van der Waals surface area contributed by atoms with E-state index in [1.165, 1.54) is 5.57 Å². The van der Waals surface area contributed by atoms with Crippen LogP contribution < -0.4 is 34.7 Å². The summed E-state index contributed by atoms with van der Waals surface area (Å²) in [6.45, 7) is 35.3. The number of rotatable bonds is 13. The minimum absolute atomic E-state index is 0. The molecule has 4 saturated heterocycles. The molecule has 0 aromatic carbocycles. The van der Waals surface area contributed by atoms with Crippen LogP contribution in [0.25, 0.3) is 0 Å². The van der Waals surface area contributed by atoms with Gasteiger partial charge in [0.25, 0.3) is 0 Å². The van der Waals surface area contributed by atoms with Gasteiger partial charge in [-0.2, -0.15) is 0 Å². The van der Waals surface area contributed by atoms with Crippen LogP contribution in [0.4, 0.5) is 0 Å². The van der Waals surface area contributed by atoms with E-state index in [0.29, 0.717) is 70.1 Å². The molecule has 0 aromatic rings. The van der Waals surface area contributed by atoms with Crippen LogP contribution in [0.15, 0.2) is 23.8 Å². The molecular weight excluding hydrogens is 1130 g/mol. The van der Waals surface area contributed by atoms with Gasteiger partial charge in [-0.25, -0.2) is 0 Å². The summed E-state index contributed by atoms with van der Waals surface area (Å²) in [5.74, 6) is -6.17. The molecule has 5 heterocycles. The quantitative estimate of drug-likeness (QED) is 0.0862. The molecule has 5 N–H and O–H groups in total. The van der Waals surface area contributed by atoms with E-state index in [9.17, 15) is 49.8 Å². The first-order chi connectivity index (χ1) is 40.4. The zero-order chi connectivity index (χ0) is 64.4. The fraction of sp³-hybridized carbons (Fsp3) is 0.889. The van der Waals surface area contributed by atoms with E-state index in [1.54, 1.807) is 19.1 Å². The van der Waals surface area contributed by atoms with Gasteiger partial charge in [0, 0.05) is 47.9 Å². The van der Waals surface area contributed by atoms with Gasteiger partial charge in [0.2, 0.25) is 5.79 Å². The molecule has 10 rings (SSSR count). The van der Waals surface area contributed by atoms with E-state index in [2.05, 4.69) is 62.3 Å². The van der Waals surface area contributed by atoms with Gasteiger partial charge in [0.1, 0.15) is 11.9 Å². The van der Waals surface area contributed by atoms with E-state index in [4.69, 9.17) is 23.7 Å². The number of carbonyl (C=O) groups is 4. The number of Topliss-reactive ketones (excluding diaryl/α,β-unsaturated/α-hetero) is 1. The van der Waals surface area contributed by atoms with Crippen LogP contribution in [0.1, 0.15) is 240 Å². The second-order valence-electron chi connectivity index (χ2n) is 32.8. The minimum Gasteiger partial charge on any atom is -0.550 e. The van der Waals surface area contributed by atoms with Crippen molar-refractivity contribution in [1.29, 1.82) is 0 Å². The number of ether oxygens (including phenoxy) is 5. The van der Waals surface area contributed by atoms with Crippen LogP contribution in [0.3, 0.4) is 0 Å². The number of hydrogen-bond donors (Lipinski definition) is 5. The summed E-state index contributed by atoms with van der Waals surface area (Å²) < 4.78 is 33.4. The van der Waals surface area contributed by atoms with Crippen LogP contribution in [-0.4, -0.2) is 121 Å². The number of fused-ring (bicyclic) bond motifs is 7. The number of carboxylic acid groups (broad SMARTS) is 2. The van der Waals surface area contributed by atoms with Crippen LogP contribution in [0, 0.1) is 91.7 Å². The fourth-order valence-corrected chi connectivity index (χ4v) is 20.8. The van der Waals surface area contributed by atoms with E-state index < -0.39 is 94.3 Å². The number of carboxylic acids is 2. The molecule has 27 atom stereocenters. The van der Waals surface area contributed by atoms with Gasteiger partial charge in [-0.3, -0.25) is 14.4 Å². The summed E-state index contributed by atoms with van der Waals surface area (Å²) in [6.07, 6.45) is 15.2. The molecule has 4 saturated carbocycles. The average molecular weight is 1240 g/mol. The van der Waals surface area contributed by atoms with Gasteiger partial charge in [0.05, 0.1) is 59.3 Å². The smallest absolute Gasteiger partial charge is 0.550 e. The van der Waals surface area contributed by atoms with Crippen molar-refractivity contribution in [2.75, 3.05) is 0 Å². The predicted molar refractivity (Wildman–Crippen MR) is 329 cm³/mol. The Bertz CT molecular complexity index is 2640. The van der Waals surface area contributed by atoms with Gasteiger partial charge in [-0.15, -0.1) is 0 Å². The number of aliphatic carboxylic acids is 2. The molecule has 2 spiro atoms. The number of carbonyl (C=O) groups excluding carboxylic acids is 3. The number of allylic oxidation sites excluding steroid dienone is 2. The Morgan fingerprint density at radius 2 is 1.42 bits per heavy atom. The largest absolute Gasteiger partial charge is 1.00 e. The van der Waals surface area contributed by atoms with Crippen molar-refractivity contribution in [2.24, 2.45) is 91.7 Å². The van der Waals surface area contributed by atoms with Crippen LogP contribution in [0.5, 0.6) is 0 Å². The van der Waals surface area contributed by atoms with Gasteiger partial charge >= 0.3 is 35.5 Å². The average Bonchev–Trinajstić information content (AvgIpc) is 0.748. The summed E-state index contributed by atoms with van der Waals surface area (Å²) in [4.78, 5) is 52.7. The first kappa shape index (κ1) is 72.2. The summed E-state index contributed by atoms with van der Waals surface area (Å²) in [6, 6.07) is 0. The molecule has 0 amide bonds. The second kappa shape index (κ2) is 25.5. The third-order valence-electron chi connectivity index (χ3n) is 27.5. The number of hydrogen-bond acceptors (Lipinski definition) is 14. The first-order valence-electron chi connectivity index (χ1n) is 34.4. The topological polar surface area (TPSA) is 239 Å². The molecule has 15 nitrogen and oxygen atoms in total. The number of ketones is 2. The van der Waals surface area contributed by atoms with E-state index in [-0.39, 0.29) is 116 Å². The summed E-state index contributed by atoms with van der Waals surface area (Å²) >= 11 is 0. The van der Waals surface area contributed by atoms with Crippen LogP contribution in [-0.2, 0) is 42.9 Å². The normalized spacial score (nSPS) is 48.7. The van der Waals surface area contributed by atoms with Crippen molar-refractivity contribution in [1.82, 2.24) is 0 Å². The molecule has 0 bridgehead atoms. The third kappa shape index (κ3) is 11.9. The Morgan fingerprint density at radius 1 is 0.761 bits per heavy atom. The Balaban J connectivity index is 0.000000246. The van der Waals surface area contributed by atoms with Gasteiger partial charge < -0.3 is 59.1 Å². The van der Waals surface area contributed by atoms with Crippen molar-refractivity contribution < 1.29 is 103 Å². The Kier molecular flexibility index (Phi) is 20.9. The van der Waals surface area contributed by atoms with Gasteiger partial charge in [-0.05, 0) is 205 Å². The molecule has 8 fully saturated rings. The molecule has 5 aliphatic heterocycles. The number of aliphatic hydroxyl groups excluding tert-OH is 3. The molecule has 494 valence electrons. The molecule has 88 heavy (non-hydrogen) atoms. The first-order valence-corrected chi connectivity index (χ1v) is 34.4. The van der Waals surface area contributed by atoms with Crippen LogP contribution >= 0.6 is 0 Å². The Hall–Kier alpha value is -1.60. The Labute approximate surface area is 550 Å². The second-order valence-corrected chi connectivity index (χ2v) is 32.8. The van der Waals surface area contributed by atoms with Crippen molar-refractivity contribution in [2.45, 2.75) is 311 Å². The maximum absolute atomic E-state index is 14.4. The molecule has 5 aliphatic carbocycles. The molecule has 16 heteroatoms. The zero-order valence-corrected chi connectivity index (χ0v) is 59.4. The zero-order valence-electron chi connectivity index (χ0n) is 57.4. The number of aliphatic hydroxyl groups is 4. The molecule has 0 aromatic heterocycles. The van der Waals surface area contributed by atoms with Crippen molar-refractivity contribution in [3.63, 3.8) is 0 Å². The minimum atomic E-state index is -1.37. The third-order valence-corrected chi connectivity index (χ3v) is 27.5. The van der Waals surface area contributed by atoms with Crippen LogP contribution in [0.2, 0.25) is 0 Å². The van der Waals surface area contributed by atoms with Crippen molar-refractivity contribution in [3.8, 4) is 0 Å². The van der Waals surface area contributed by atoms with E-state index >= 15 is 0 Å². The van der Waals surface area contributed by atoms with E-state index in [1.807, 2.05) is 54.5 Å². The van der Waals surface area contributed by atoms with Gasteiger partial charge in [-0.1, -0.05) is 103 Å². The fourth-order valence-electron chi connectivity index (χ4n) is 20.8. The van der Waals surface area contributed by atoms with E-state index in [0.717, 1.165) is 57.8 Å². The molecule has 0 radical (unpaired) electrons. The summed E-state index contributed by atoms with van der Waals surface area (Å²) in [7, 11) is 0. The molecule has 10 aliphatic rings. The maximum Gasteiger partial charge on any atom is 1.00 e. The van der Waals surface area contributed by atoms with Gasteiger partial charge in [0.15, 0.2) is 11.6 Å². The standard InChI is InChI=1S/C42H70O11.C30H46O4.Na/c1-11-29(38(46)47)31-15-14-23(4)36(50-31)27(8)34(44)26(7)35(45)30(12-2)37-24(5)22-25(6)41(51-37)19-16-32(43)42(53-41)21-20-39(10,52-42)33-17-18-40(48,13-3)28(9)49-33;1-25(2)21-8-11-30(7)23(28(21,5)10-9-22(25)32)20(31)16-18-19-17-27(4,24(33)34)13-12-26(19,3)14-15-29(18,30)6;/h16,19,23-34,36-37,43-44,48H,11-15,17-18,20-22H2,1-10H3,(H,46,47);16,19,21-23,32H,8-15,17H2,1-7H3,(H,33,34);/q;;+1/p-1. The molecular formula is C72H115NaO15. The SMILES string of the molecule is CC1(C(=O)O)CCC2(C)CCC3(C)C(=CC(=O)C4C5(C)CCC(O)C(C)(C)C5CCC43C)C2C1.CCC(C(=O)[O-])C1CCC(C)C(C(C)C(O)C(C)C(=O)C(CC)C2OC3(C=CC(O)C4(CCC(C)(C5CCC(O)(CC)C(C)O5)O4)O3)C(C)CC2C)O1.[Na+]. The molecule has 27 unspecified atom stereocenters. The van der Waals surface area contributed by atoms with Crippen molar-refractivity contribution >= 4 is 23.5 Å². The monoisotopic (exact) mass is 1240 g/mol. The van der Waals surface area contributed by atoms with Crippen molar-refractivity contribution in [3.05, 3.63) is 23.8 Å². The maximum atomic E-state index is 14.4. The summed E-state index contributed by atoms with van der Waals surface area (Å²) in [5.41, 5.74) is -1.49. The predicted octanol–water partition coefficient (Wildman–Crippen LogP) is 8.27.